The average molecular weight is 249 g/mol. The standard InChI is InChI=1S/C12H9ClN2O2/c13-10-9-6-7-17-11(9)15(12(16)14-10)8-4-2-1-3-5-8/h1-5H,6-7H2. The maximum Gasteiger partial charge on any atom is 0.356 e. The summed E-state index contributed by atoms with van der Waals surface area (Å²) in [6, 6.07) is 9.27. The number of halogens is 1. The van der Waals surface area contributed by atoms with E-state index in [1.807, 2.05) is 30.3 Å². The number of aromatic nitrogens is 2. The first-order valence-corrected chi connectivity index (χ1v) is 5.65. The first-order chi connectivity index (χ1) is 8.27. The van der Waals surface area contributed by atoms with Crippen molar-refractivity contribution in [2.45, 2.75) is 6.42 Å². The Kier molecular flexibility index (Phi) is 2.37. The molecule has 0 saturated heterocycles. The fourth-order valence-electron chi connectivity index (χ4n) is 1.93. The van der Waals surface area contributed by atoms with Crippen molar-refractivity contribution < 1.29 is 4.74 Å². The van der Waals surface area contributed by atoms with Crippen molar-refractivity contribution >= 4 is 11.6 Å². The predicted octanol–water partition coefficient (Wildman–Crippen LogP) is 1.82. The zero-order valence-electron chi connectivity index (χ0n) is 8.89. The van der Waals surface area contributed by atoms with Crippen LogP contribution in [0, 0.1) is 0 Å². The monoisotopic (exact) mass is 248 g/mol. The highest BCUT2D eigenvalue weighted by molar-refractivity contribution is 6.30. The van der Waals surface area contributed by atoms with E-state index >= 15 is 0 Å². The minimum Gasteiger partial charge on any atom is -0.478 e. The smallest absolute Gasteiger partial charge is 0.356 e. The van der Waals surface area contributed by atoms with E-state index < -0.39 is 5.69 Å². The minimum absolute atomic E-state index is 0.245. The van der Waals surface area contributed by atoms with Crippen LogP contribution in [0.3, 0.4) is 0 Å². The van der Waals surface area contributed by atoms with Crippen LogP contribution in [0.1, 0.15) is 5.56 Å². The Bertz CT molecular complexity index is 622. The van der Waals surface area contributed by atoms with Crippen molar-refractivity contribution in [1.82, 2.24) is 9.55 Å². The molecule has 0 saturated carbocycles. The maximum absolute atomic E-state index is 11.9. The molecule has 0 N–H and O–H groups in total. The molecule has 0 atom stereocenters. The van der Waals surface area contributed by atoms with E-state index in [0.717, 1.165) is 11.3 Å². The molecule has 1 aliphatic heterocycles. The fourth-order valence-corrected chi connectivity index (χ4v) is 2.18. The summed E-state index contributed by atoms with van der Waals surface area (Å²) in [5, 5.41) is 0.245. The van der Waals surface area contributed by atoms with Gasteiger partial charge in [0, 0.05) is 6.42 Å². The Labute approximate surface area is 102 Å². The largest absolute Gasteiger partial charge is 0.478 e. The summed E-state index contributed by atoms with van der Waals surface area (Å²) in [5.74, 6) is 0.515. The van der Waals surface area contributed by atoms with Gasteiger partial charge in [0.15, 0.2) is 0 Å². The number of fused-ring (bicyclic) bond motifs is 1. The second-order valence-electron chi connectivity index (χ2n) is 3.74. The van der Waals surface area contributed by atoms with E-state index in [9.17, 15) is 4.79 Å². The first-order valence-electron chi connectivity index (χ1n) is 5.27. The number of benzene rings is 1. The molecule has 0 unspecified atom stereocenters. The fraction of sp³-hybridized carbons (Fsp3) is 0.167. The summed E-state index contributed by atoms with van der Waals surface area (Å²) in [4.78, 5) is 15.7. The second kappa shape index (κ2) is 3.89. The number of para-hydroxylation sites is 1. The van der Waals surface area contributed by atoms with Crippen molar-refractivity contribution in [3.05, 3.63) is 51.5 Å². The molecule has 5 heteroatoms. The van der Waals surface area contributed by atoms with Crippen LogP contribution in [-0.4, -0.2) is 16.2 Å². The Morgan fingerprint density at radius 3 is 2.82 bits per heavy atom. The van der Waals surface area contributed by atoms with Crippen LogP contribution >= 0.6 is 11.6 Å². The lowest BCUT2D eigenvalue weighted by molar-refractivity contribution is 0.335. The summed E-state index contributed by atoms with van der Waals surface area (Å²) < 4.78 is 6.94. The second-order valence-corrected chi connectivity index (χ2v) is 4.10. The Hall–Kier alpha value is -1.81. The van der Waals surface area contributed by atoms with E-state index in [0.29, 0.717) is 18.9 Å². The van der Waals surface area contributed by atoms with Crippen LogP contribution in [0.5, 0.6) is 5.88 Å². The molecule has 1 aromatic carbocycles. The van der Waals surface area contributed by atoms with Crippen molar-refractivity contribution in [3.63, 3.8) is 0 Å². The van der Waals surface area contributed by atoms with Crippen LogP contribution in [-0.2, 0) is 6.42 Å². The van der Waals surface area contributed by atoms with E-state index in [4.69, 9.17) is 16.3 Å². The summed E-state index contributed by atoms with van der Waals surface area (Å²) in [7, 11) is 0. The van der Waals surface area contributed by atoms with Gasteiger partial charge in [-0.15, -0.1) is 0 Å². The lowest BCUT2D eigenvalue weighted by atomic mass is 10.2. The Morgan fingerprint density at radius 1 is 1.29 bits per heavy atom. The Balaban J connectivity index is 2.32. The molecular formula is C12H9ClN2O2. The SMILES string of the molecule is O=c1nc(Cl)c2c(n1-c1ccccc1)OCC2. The highest BCUT2D eigenvalue weighted by Crippen LogP contribution is 2.30. The zero-order chi connectivity index (χ0) is 11.8. The molecule has 1 aliphatic rings. The summed E-state index contributed by atoms with van der Waals surface area (Å²) >= 11 is 5.93. The van der Waals surface area contributed by atoms with E-state index in [1.54, 1.807) is 0 Å². The van der Waals surface area contributed by atoms with E-state index in [-0.39, 0.29) is 5.15 Å². The van der Waals surface area contributed by atoms with Gasteiger partial charge in [0.25, 0.3) is 0 Å². The molecule has 0 amide bonds. The van der Waals surface area contributed by atoms with Crippen LogP contribution in [0.4, 0.5) is 0 Å². The molecule has 1 aromatic heterocycles. The zero-order valence-corrected chi connectivity index (χ0v) is 9.65. The molecule has 17 heavy (non-hydrogen) atoms. The summed E-state index contributed by atoms with van der Waals surface area (Å²) in [5.41, 5.74) is 1.12. The van der Waals surface area contributed by atoms with Gasteiger partial charge in [-0.05, 0) is 12.1 Å². The molecule has 86 valence electrons. The third-order valence-corrected chi connectivity index (χ3v) is 3.01. The molecule has 0 radical (unpaired) electrons. The number of ether oxygens (including phenoxy) is 1. The maximum atomic E-state index is 11.9. The normalized spacial score (nSPS) is 13.2. The molecular weight excluding hydrogens is 240 g/mol. The average Bonchev–Trinajstić information content (AvgIpc) is 2.79. The van der Waals surface area contributed by atoms with Crippen molar-refractivity contribution in [2.75, 3.05) is 6.61 Å². The number of hydrogen-bond donors (Lipinski definition) is 0. The molecule has 0 spiro atoms. The molecule has 0 aliphatic carbocycles. The summed E-state index contributed by atoms with van der Waals surface area (Å²) in [6.07, 6.45) is 0.689. The van der Waals surface area contributed by atoms with Gasteiger partial charge in [-0.3, -0.25) is 0 Å². The van der Waals surface area contributed by atoms with Crippen molar-refractivity contribution in [3.8, 4) is 11.6 Å². The lowest BCUT2D eigenvalue weighted by Gasteiger charge is -2.10. The quantitative estimate of drug-likeness (QED) is 0.723. The highest BCUT2D eigenvalue weighted by atomic mass is 35.5. The van der Waals surface area contributed by atoms with Crippen LogP contribution in [0.25, 0.3) is 5.69 Å². The molecule has 2 heterocycles. The Morgan fingerprint density at radius 2 is 2.06 bits per heavy atom. The number of hydrogen-bond acceptors (Lipinski definition) is 3. The minimum atomic E-state index is -0.415. The van der Waals surface area contributed by atoms with Gasteiger partial charge in [-0.2, -0.15) is 4.98 Å². The molecule has 3 rings (SSSR count). The molecule has 0 fully saturated rings. The van der Waals surface area contributed by atoms with Gasteiger partial charge in [0.1, 0.15) is 5.15 Å². The number of rotatable bonds is 1. The highest BCUT2D eigenvalue weighted by Gasteiger charge is 2.23. The lowest BCUT2D eigenvalue weighted by Crippen LogP contribution is -2.22. The van der Waals surface area contributed by atoms with Gasteiger partial charge >= 0.3 is 5.69 Å². The topological polar surface area (TPSA) is 44.1 Å². The van der Waals surface area contributed by atoms with Gasteiger partial charge < -0.3 is 4.74 Å². The van der Waals surface area contributed by atoms with E-state index in [1.165, 1.54) is 4.57 Å². The molecule has 0 bridgehead atoms. The van der Waals surface area contributed by atoms with Gasteiger partial charge in [-0.1, -0.05) is 29.8 Å². The summed E-state index contributed by atoms with van der Waals surface area (Å²) in [6.45, 7) is 0.535. The van der Waals surface area contributed by atoms with Crippen molar-refractivity contribution in [1.29, 1.82) is 0 Å². The van der Waals surface area contributed by atoms with E-state index in [2.05, 4.69) is 4.98 Å². The van der Waals surface area contributed by atoms with Crippen LogP contribution in [0.2, 0.25) is 5.15 Å². The van der Waals surface area contributed by atoms with Gasteiger partial charge in [0.2, 0.25) is 5.88 Å². The third-order valence-electron chi connectivity index (χ3n) is 2.70. The molecule has 4 nitrogen and oxygen atoms in total. The van der Waals surface area contributed by atoms with Gasteiger partial charge in [-0.25, -0.2) is 9.36 Å². The predicted molar refractivity (Wildman–Crippen MR) is 64.0 cm³/mol. The number of nitrogens with zero attached hydrogens (tertiary/aromatic N) is 2. The van der Waals surface area contributed by atoms with Crippen LogP contribution < -0.4 is 10.4 Å². The molecule has 2 aromatic rings. The third kappa shape index (κ3) is 1.61. The first kappa shape index (κ1) is 10.4. The van der Waals surface area contributed by atoms with Crippen LogP contribution in [0.15, 0.2) is 35.1 Å². The van der Waals surface area contributed by atoms with Gasteiger partial charge in [0.05, 0.1) is 17.9 Å². The van der Waals surface area contributed by atoms with Crippen molar-refractivity contribution in [2.24, 2.45) is 0 Å².